The predicted molar refractivity (Wildman–Crippen MR) is 217 cm³/mol. The van der Waals surface area contributed by atoms with E-state index < -0.39 is 0 Å². The molecule has 3 nitrogen and oxygen atoms in total. The largest absolute Gasteiger partial charge is 0.310 e. The highest BCUT2D eigenvalue weighted by atomic mass is 32.1. The molecule has 0 aliphatic rings. The summed E-state index contributed by atoms with van der Waals surface area (Å²) in [6.45, 7) is 0. The molecule has 0 radical (unpaired) electrons. The van der Waals surface area contributed by atoms with Crippen molar-refractivity contribution < 1.29 is 0 Å². The Morgan fingerprint density at radius 3 is 1.78 bits per heavy atom. The summed E-state index contributed by atoms with van der Waals surface area (Å²) in [5, 5.41) is 5.08. The second-order valence-corrected chi connectivity index (χ2v) is 14.0. The number of benzene rings is 7. The summed E-state index contributed by atoms with van der Waals surface area (Å²) in [5.74, 6) is 0. The van der Waals surface area contributed by atoms with E-state index in [1.54, 1.807) is 0 Å². The van der Waals surface area contributed by atoms with Crippen LogP contribution in [-0.4, -0.2) is 9.55 Å². The van der Waals surface area contributed by atoms with Crippen LogP contribution in [0.5, 0.6) is 0 Å². The summed E-state index contributed by atoms with van der Waals surface area (Å²) < 4.78 is 4.90. The summed E-state index contributed by atoms with van der Waals surface area (Å²) in [7, 11) is 0. The van der Waals surface area contributed by atoms with Crippen LogP contribution in [0.3, 0.4) is 0 Å². The normalized spacial score (nSPS) is 11.5. The van der Waals surface area contributed by atoms with Crippen molar-refractivity contribution in [3.63, 3.8) is 0 Å². The molecule has 7 aromatic carbocycles. The zero-order chi connectivity index (χ0) is 33.7. The Morgan fingerprint density at radius 1 is 0.412 bits per heavy atom. The summed E-state index contributed by atoms with van der Waals surface area (Å²) in [6, 6.07) is 63.6. The highest BCUT2D eigenvalue weighted by molar-refractivity contribution is 7.25. The van der Waals surface area contributed by atoms with Crippen molar-refractivity contribution in [3.05, 3.63) is 188 Å². The van der Waals surface area contributed by atoms with Gasteiger partial charge in [-0.2, -0.15) is 0 Å². The van der Waals surface area contributed by atoms with Crippen molar-refractivity contribution in [2.45, 2.75) is 0 Å². The quantitative estimate of drug-likeness (QED) is 0.176. The lowest BCUT2D eigenvalue weighted by Crippen LogP contribution is -2.09. The molecule has 0 aliphatic carbocycles. The third kappa shape index (κ3) is 5.08. The molecule has 0 saturated heterocycles. The Bertz CT molecular complexity index is 2830. The molecule has 4 heteroatoms. The predicted octanol–water partition coefficient (Wildman–Crippen LogP) is 13.4. The van der Waals surface area contributed by atoms with Gasteiger partial charge in [0.15, 0.2) is 0 Å². The van der Waals surface area contributed by atoms with Gasteiger partial charge in [-0.25, -0.2) is 0 Å². The fourth-order valence-corrected chi connectivity index (χ4v) is 8.59. The van der Waals surface area contributed by atoms with Gasteiger partial charge in [-0.15, -0.1) is 11.3 Å². The van der Waals surface area contributed by atoms with Crippen molar-refractivity contribution >= 4 is 70.4 Å². The maximum absolute atomic E-state index is 4.40. The zero-order valence-electron chi connectivity index (χ0n) is 27.6. The van der Waals surface area contributed by atoms with Crippen LogP contribution in [0.15, 0.2) is 188 Å². The topological polar surface area (TPSA) is 21.1 Å². The fraction of sp³-hybridized carbons (Fsp3) is 0. The number of nitrogens with zero attached hydrogens (tertiary/aromatic N) is 3. The number of hydrogen-bond acceptors (Lipinski definition) is 3. The third-order valence-corrected chi connectivity index (χ3v) is 11.0. The lowest BCUT2D eigenvalue weighted by Gasteiger charge is -2.26. The average molecular weight is 670 g/mol. The third-order valence-electron chi connectivity index (χ3n) is 9.89. The number of fused-ring (bicyclic) bond motifs is 6. The van der Waals surface area contributed by atoms with Gasteiger partial charge in [-0.05, 0) is 95.1 Å². The molecule has 10 aromatic rings. The monoisotopic (exact) mass is 669 g/mol. The molecule has 0 saturated carbocycles. The molecular formula is C47H31N3S. The van der Waals surface area contributed by atoms with Gasteiger partial charge in [0.2, 0.25) is 0 Å². The minimum Gasteiger partial charge on any atom is -0.310 e. The van der Waals surface area contributed by atoms with Crippen LogP contribution in [-0.2, 0) is 0 Å². The van der Waals surface area contributed by atoms with Crippen molar-refractivity contribution in [1.29, 1.82) is 0 Å². The minimum atomic E-state index is 1.06. The van der Waals surface area contributed by atoms with Crippen LogP contribution in [0.2, 0.25) is 0 Å². The van der Waals surface area contributed by atoms with Crippen molar-refractivity contribution in [1.82, 2.24) is 9.55 Å². The first kappa shape index (κ1) is 29.4. The highest BCUT2D eigenvalue weighted by Gasteiger charge is 2.17. The molecule has 240 valence electrons. The zero-order valence-corrected chi connectivity index (χ0v) is 28.5. The maximum Gasteiger partial charge on any atom is 0.0645 e. The molecule has 51 heavy (non-hydrogen) atoms. The van der Waals surface area contributed by atoms with Crippen molar-refractivity contribution in [2.75, 3.05) is 4.90 Å². The Hall–Kier alpha value is -6.49. The molecule has 0 fully saturated rings. The first-order valence-electron chi connectivity index (χ1n) is 17.2. The number of para-hydroxylation sites is 1. The Labute approximate surface area is 299 Å². The van der Waals surface area contributed by atoms with E-state index in [1.165, 1.54) is 64.2 Å². The lowest BCUT2D eigenvalue weighted by atomic mass is 10.0. The van der Waals surface area contributed by atoms with Crippen LogP contribution in [0.1, 0.15) is 0 Å². The van der Waals surface area contributed by atoms with E-state index in [9.17, 15) is 0 Å². The van der Waals surface area contributed by atoms with E-state index in [0.29, 0.717) is 0 Å². The molecular weight excluding hydrogens is 639 g/mol. The van der Waals surface area contributed by atoms with Crippen LogP contribution < -0.4 is 4.90 Å². The van der Waals surface area contributed by atoms with Gasteiger partial charge in [0.05, 0.1) is 22.9 Å². The number of hydrogen-bond donors (Lipinski definition) is 0. The van der Waals surface area contributed by atoms with E-state index in [2.05, 4.69) is 184 Å². The summed E-state index contributed by atoms with van der Waals surface area (Å²) in [6.07, 6.45) is 3.75. The molecule has 10 rings (SSSR count). The number of rotatable bonds is 6. The summed E-state index contributed by atoms with van der Waals surface area (Å²) in [5.41, 5.74) is 11.6. The van der Waals surface area contributed by atoms with E-state index >= 15 is 0 Å². The fourth-order valence-electron chi connectivity index (χ4n) is 7.45. The molecule has 0 atom stereocenters. The van der Waals surface area contributed by atoms with Crippen LogP contribution in [0.4, 0.5) is 17.1 Å². The maximum atomic E-state index is 4.40. The van der Waals surface area contributed by atoms with Gasteiger partial charge in [-0.3, -0.25) is 4.98 Å². The van der Waals surface area contributed by atoms with Crippen molar-refractivity contribution in [3.8, 4) is 27.9 Å². The number of anilines is 3. The minimum absolute atomic E-state index is 1.06. The van der Waals surface area contributed by atoms with Crippen molar-refractivity contribution in [2.24, 2.45) is 0 Å². The molecule has 0 bridgehead atoms. The molecule has 3 aromatic heterocycles. The van der Waals surface area contributed by atoms with Gasteiger partial charge >= 0.3 is 0 Å². The van der Waals surface area contributed by atoms with E-state index in [1.807, 2.05) is 29.8 Å². The number of thiophene rings is 1. The number of pyridine rings is 1. The van der Waals surface area contributed by atoms with Crippen LogP contribution in [0, 0.1) is 0 Å². The Balaban J connectivity index is 1.07. The Morgan fingerprint density at radius 2 is 1.02 bits per heavy atom. The lowest BCUT2D eigenvalue weighted by molar-refractivity contribution is 1.14. The van der Waals surface area contributed by atoms with Gasteiger partial charge in [0.25, 0.3) is 0 Å². The molecule has 0 aliphatic heterocycles. The second-order valence-electron chi connectivity index (χ2n) is 12.9. The van der Waals surface area contributed by atoms with Gasteiger partial charge in [0, 0.05) is 54.2 Å². The number of aromatic nitrogens is 2. The molecule has 0 N–H and O–H groups in total. The van der Waals surface area contributed by atoms with Crippen LogP contribution in [0.25, 0.3) is 69.9 Å². The summed E-state index contributed by atoms with van der Waals surface area (Å²) in [4.78, 5) is 6.77. The first-order chi connectivity index (χ1) is 25.3. The van der Waals surface area contributed by atoms with E-state index in [4.69, 9.17) is 0 Å². The SMILES string of the molecule is c1ccc(-c2ccc(N(c3ccc(-c4ccc5c(c4)c4ccccc4n5-c4cccnc4)cc3)c3ccc4c(c3)sc3ccccc34)cc2)cc1. The molecule has 0 amide bonds. The second kappa shape index (κ2) is 12.1. The molecule has 0 spiro atoms. The summed E-state index contributed by atoms with van der Waals surface area (Å²) >= 11 is 1.85. The highest BCUT2D eigenvalue weighted by Crippen LogP contribution is 2.42. The van der Waals surface area contributed by atoms with Gasteiger partial charge < -0.3 is 9.47 Å². The van der Waals surface area contributed by atoms with Gasteiger partial charge in [0.1, 0.15) is 0 Å². The van der Waals surface area contributed by atoms with E-state index in [0.717, 1.165) is 22.7 Å². The van der Waals surface area contributed by atoms with E-state index in [-0.39, 0.29) is 0 Å². The standard InChI is InChI=1S/C47H31N3S/c1-2-9-32(10-3-1)33-16-21-36(22-17-33)49(38-25-26-42-41-13-5-7-15-46(41)51-47(42)30-38)37-23-18-34(19-24-37)35-20-27-45-43(29-35)40-12-4-6-14-44(40)50(45)39-11-8-28-48-31-39/h1-31H. The average Bonchev–Trinajstić information content (AvgIpc) is 3.74. The smallest absolute Gasteiger partial charge is 0.0645 e. The Kier molecular flexibility index (Phi) is 7.00. The molecule has 0 unspecified atom stereocenters. The van der Waals surface area contributed by atoms with Crippen LogP contribution >= 0.6 is 11.3 Å². The van der Waals surface area contributed by atoms with Gasteiger partial charge in [-0.1, -0.05) is 103 Å². The molecule has 3 heterocycles. The first-order valence-corrected chi connectivity index (χ1v) is 18.0.